The molecule has 0 saturated carbocycles. The first-order chi connectivity index (χ1) is 9.97. The number of nitrogens with one attached hydrogen (secondary N) is 2. The van der Waals surface area contributed by atoms with Crippen LogP contribution < -0.4 is 10.0 Å². The summed E-state index contributed by atoms with van der Waals surface area (Å²) in [5, 5.41) is 3.32. The van der Waals surface area contributed by atoms with Gasteiger partial charge in [0, 0.05) is 29.6 Å². The molecule has 0 saturated heterocycles. The van der Waals surface area contributed by atoms with Crippen LogP contribution in [0.5, 0.6) is 0 Å². The molecular formula is C14H20N2O3S2. The SMILES string of the molecule is CC(C)NCCc1ccc(S(=O)(=O)NCc2ccoc2)s1. The smallest absolute Gasteiger partial charge is 0.250 e. The summed E-state index contributed by atoms with van der Waals surface area (Å²) in [4.78, 5) is 1.06. The Bertz CT molecular complexity index is 646. The van der Waals surface area contributed by atoms with Gasteiger partial charge in [-0.1, -0.05) is 13.8 Å². The molecule has 0 amide bonds. The van der Waals surface area contributed by atoms with E-state index in [0.717, 1.165) is 23.4 Å². The number of rotatable bonds is 8. The predicted octanol–water partition coefficient (Wildman–Crippen LogP) is 2.36. The fourth-order valence-electron chi connectivity index (χ4n) is 1.76. The average molecular weight is 328 g/mol. The van der Waals surface area contributed by atoms with Crippen molar-refractivity contribution in [2.75, 3.05) is 6.54 Å². The van der Waals surface area contributed by atoms with Crippen LogP contribution in [-0.2, 0) is 23.0 Å². The Balaban J connectivity index is 1.92. The number of hydrogen-bond donors (Lipinski definition) is 2. The zero-order valence-corrected chi connectivity index (χ0v) is 13.8. The lowest BCUT2D eigenvalue weighted by molar-refractivity contribution is 0.561. The molecule has 0 unspecified atom stereocenters. The Kier molecular flexibility index (Phi) is 5.58. The normalized spacial score (nSPS) is 12.1. The minimum absolute atomic E-state index is 0.237. The summed E-state index contributed by atoms with van der Waals surface area (Å²) in [5.41, 5.74) is 0.802. The van der Waals surface area contributed by atoms with Crippen LogP contribution in [0.4, 0.5) is 0 Å². The van der Waals surface area contributed by atoms with Crippen molar-refractivity contribution in [1.82, 2.24) is 10.0 Å². The van der Waals surface area contributed by atoms with Crippen LogP contribution in [0.2, 0.25) is 0 Å². The van der Waals surface area contributed by atoms with E-state index in [1.165, 1.54) is 23.9 Å². The number of thiophene rings is 1. The molecule has 0 bridgehead atoms. The summed E-state index contributed by atoms with van der Waals surface area (Å²) in [6.07, 6.45) is 3.88. The molecule has 0 aliphatic rings. The fraction of sp³-hybridized carbons (Fsp3) is 0.429. The van der Waals surface area contributed by atoms with E-state index in [4.69, 9.17) is 4.42 Å². The van der Waals surface area contributed by atoms with E-state index in [2.05, 4.69) is 23.9 Å². The Morgan fingerprint density at radius 2 is 2.10 bits per heavy atom. The first-order valence-corrected chi connectivity index (χ1v) is 9.10. The zero-order valence-electron chi connectivity index (χ0n) is 12.1. The van der Waals surface area contributed by atoms with E-state index in [-0.39, 0.29) is 6.54 Å². The summed E-state index contributed by atoms with van der Waals surface area (Å²) in [5.74, 6) is 0. The van der Waals surface area contributed by atoms with E-state index in [1.807, 2.05) is 6.07 Å². The van der Waals surface area contributed by atoms with Crippen LogP contribution in [0.15, 0.2) is 39.4 Å². The highest BCUT2D eigenvalue weighted by atomic mass is 32.2. The van der Waals surface area contributed by atoms with Crippen molar-refractivity contribution in [3.8, 4) is 0 Å². The molecule has 2 aromatic heterocycles. The largest absolute Gasteiger partial charge is 0.472 e. The Hall–Kier alpha value is -1.15. The van der Waals surface area contributed by atoms with E-state index in [9.17, 15) is 8.42 Å². The van der Waals surface area contributed by atoms with E-state index in [1.54, 1.807) is 12.1 Å². The molecule has 0 spiro atoms. The average Bonchev–Trinajstić information content (AvgIpc) is 3.07. The maximum absolute atomic E-state index is 12.2. The van der Waals surface area contributed by atoms with Crippen molar-refractivity contribution < 1.29 is 12.8 Å². The molecule has 116 valence electrons. The van der Waals surface area contributed by atoms with Gasteiger partial charge in [0.1, 0.15) is 4.21 Å². The summed E-state index contributed by atoms with van der Waals surface area (Å²) in [6.45, 7) is 5.26. The van der Waals surface area contributed by atoms with E-state index >= 15 is 0 Å². The second kappa shape index (κ2) is 7.22. The lowest BCUT2D eigenvalue weighted by Gasteiger charge is -2.06. The topological polar surface area (TPSA) is 71.3 Å². The lowest BCUT2D eigenvalue weighted by Crippen LogP contribution is -2.24. The van der Waals surface area contributed by atoms with Crippen LogP contribution in [0.25, 0.3) is 0 Å². The van der Waals surface area contributed by atoms with Gasteiger partial charge in [-0.05, 0) is 24.6 Å². The van der Waals surface area contributed by atoms with Crippen molar-refractivity contribution in [1.29, 1.82) is 0 Å². The van der Waals surface area contributed by atoms with Crippen molar-refractivity contribution >= 4 is 21.4 Å². The zero-order chi connectivity index (χ0) is 15.3. The molecule has 0 atom stereocenters. The molecule has 2 rings (SSSR count). The molecule has 2 heterocycles. The molecule has 0 aliphatic carbocycles. The third-order valence-corrected chi connectivity index (χ3v) is 5.91. The van der Waals surface area contributed by atoms with Crippen LogP contribution in [0.3, 0.4) is 0 Å². The first-order valence-electron chi connectivity index (χ1n) is 6.80. The van der Waals surface area contributed by atoms with Crippen molar-refractivity contribution in [3.63, 3.8) is 0 Å². The van der Waals surface area contributed by atoms with Gasteiger partial charge in [0.25, 0.3) is 0 Å². The quantitative estimate of drug-likeness (QED) is 0.780. The molecule has 0 radical (unpaired) electrons. The highest BCUT2D eigenvalue weighted by Crippen LogP contribution is 2.22. The minimum Gasteiger partial charge on any atom is -0.472 e. The van der Waals surface area contributed by atoms with Crippen molar-refractivity contribution in [3.05, 3.63) is 41.2 Å². The van der Waals surface area contributed by atoms with Crippen LogP contribution in [-0.4, -0.2) is 21.0 Å². The highest BCUT2D eigenvalue weighted by Gasteiger charge is 2.16. The van der Waals surface area contributed by atoms with E-state index in [0.29, 0.717) is 10.3 Å². The molecule has 5 nitrogen and oxygen atoms in total. The molecule has 0 fully saturated rings. The highest BCUT2D eigenvalue weighted by molar-refractivity contribution is 7.91. The number of furan rings is 1. The predicted molar refractivity (Wildman–Crippen MR) is 83.9 cm³/mol. The van der Waals surface area contributed by atoms with Gasteiger partial charge in [-0.3, -0.25) is 0 Å². The second-order valence-electron chi connectivity index (χ2n) is 5.04. The Morgan fingerprint density at radius 1 is 1.29 bits per heavy atom. The third-order valence-electron chi connectivity index (χ3n) is 2.87. The summed E-state index contributed by atoms with van der Waals surface area (Å²) < 4.78 is 32.2. The molecule has 21 heavy (non-hydrogen) atoms. The molecule has 7 heteroatoms. The molecule has 0 aliphatic heterocycles. The first kappa shape index (κ1) is 16.2. The minimum atomic E-state index is -3.45. The van der Waals surface area contributed by atoms with Crippen LogP contribution >= 0.6 is 11.3 Å². The third kappa shape index (κ3) is 4.96. The Morgan fingerprint density at radius 3 is 2.76 bits per heavy atom. The maximum Gasteiger partial charge on any atom is 0.250 e. The van der Waals surface area contributed by atoms with Gasteiger partial charge in [-0.25, -0.2) is 13.1 Å². The van der Waals surface area contributed by atoms with Gasteiger partial charge < -0.3 is 9.73 Å². The van der Waals surface area contributed by atoms with Crippen LogP contribution in [0.1, 0.15) is 24.3 Å². The van der Waals surface area contributed by atoms with Gasteiger partial charge >= 0.3 is 0 Å². The summed E-state index contributed by atoms with van der Waals surface area (Å²) in [6, 6.07) is 5.70. The van der Waals surface area contributed by atoms with Gasteiger partial charge in [-0.15, -0.1) is 11.3 Å². The monoisotopic (exact) mass is 328 g/mol. The second-order valence-corrected chi connectivity index (χ2v) is 8.20. The van der Waals surface area contributed by atoms with Crippen molar-refractivity contribution in [2.45, 2.75) is 37.1 Å². The van der Waals surface area contributed by atoms with E-state index < -0.39 is 10.0 Å². The van der Waals surface area contributed by atoms with Gasteiger partial charge in [0.15, 0.2) is 0 Å². The van der Waals surface area contributed by atoms with Gasteiger partial charge in [0.05, 0.1) is 12.5 Å². The van der Waals surface area contributed by atoms with Crippen LogP contribution in [0, 0.1) is 0 Å². The van der Waals surface area contributed by atoms with Gasteiger partial charge in [0.2, 0.25) is 10.0 Å². The molecule has 2 N–H and O–H groups in total. The van der Waals surface area contributed by atoms with Gasteiger partial charge in [-0.2, -0.15) is 0 Å². The number of sulfonamides is 1. The Labute approximate surface area is 129 Å². The lowest BCUT2D eigenvalue weighted by atomic mass is 10.3. The standard InChI is InChI=1S/C14H20N2O3S2/c1-11(2)15-7-5-13-3-4-14(20-13)21(17,18)16-9-12-6-8-19-10-12/h3-4,6,8,10-11,15-16H,5,7,9H2,1-2H3. The molecule has 2 aromatic rings. The summed E-state index contributed by atoms with van der Waals surface area (Å²) in [7, 11) is -3.45. The van der Waals surface area contributed by atoms with Crippen molar-refractivity contribution in [2.24, 2.45) is 0 Å². The maximum atomic E-state index is 12.2. The summed E-state index contributed by atoms with van der Waals surface area (Å²) >= 11 is 1.31. The fourth-order valence-corrected chi connectivity index (χ4v) is 4.18. The molecular weight excluding hydrogens is 308 g/mol. The number of hydrogen-bond acceptors (Lipinski definition) is 5. The molecule has 0 aromatic carbocycles.